The second-order valence-electron chi connectivity index (χ2n) is 2.94. The van der Waals surface area contributed by atoms with Gasteiger partial charge in [-0.2, -0.15) is 0 Å². The maximum Gasteiger partial charge on any atom is 0.186 e. The minimum Gasteiger partial charge on any atom is -0.493 e. The van der Waals surface area contributed by atoms with Gasteiger partial charge in [0.15, 0.2) is 5.82 Å². The van der Waals surface area contributed by atoms with Gasteiger partial charge in [0.25, 0.3) is 0 Å². The van der Waals surface area contributed by atoms with Crippen molar-refractivity contribution in [3.05, 3.63) is 22.4 Å². The van der Waals surface area contributed by atoms with Crippen molar-refractivity contribution in [2.24, 2.45) is 0 Å². The summed E-state index contributed by atoms with van der Waals surface area (Å²) in [6.45, 7) is 2.26. The van der Waals surface area contributed by atoms with Gasteiger partial charge in [0, 0.05) is 4.47 Å². The Morgan fingerprint density at radius 3 is 2.94 bits per heavy atom. The first-order chi connectivity index (χ1) is 7.72. The number of halogens is 2. The van der Waals surface area contributed by atoms with Crippen molar-refractivity contribution in [2.45, 2.75) is 6.92 Å². The lowest BCUT2D eigenvalue weighted by Crippen LogP contribution is -1.98. The molecular weight excluding hydrogens is 279 g/mol. The standard InChI is InChI=1S/C9H8BrFN4O/c1-2-16-7-4-5(10)3-6(11)8(7)9-12-14-15-13-9/h3-4H,2H2,1H3,(H,12,13,14,15). The van der Waals surface area contributed by atoms with Crippen molar-refractivity contribution < 1.29 is 9.13 Å². The van der Waals surface area contributed by atoms with E-state index < -0.39 is 5.82 Å². The van der Waals surface area contributed by atoms with Crippen LogP contribution in [0, 0.1) is 5.82 Å². The van der Waals surface area contributed by atoms with E-state index in [1.807, 2.05) is 6.92 Å². The summed E-state index contributed by atoms with van der Waals surface area (Å²) >= 11 is 3.20. The highest BCUT2D eigenvalue weighted by molar-refractivity contribution is 9.10. The molecule has 1 aromatic carbocycles. The van der Waals surface area contributed by atoms with Crippen molar-refractivity contribution in [1.29, 1.82) is 0 Å². The Hall–Kier alpha value is -1.50. The van der Waals surface area contributed by atoms with Crippen LogP contribution in [-0.2, 0) is 0 Å². The van der Waals surface area contributed by atoms with Crippen molar-refractivity contribution in [2.75, 3.05) is 6.61 Å². The summed E-state index contributed by atoms with van der Waals surface area (Å²) in [5.74, 6) is 0.192. The summed E-state index contributed by atoms with van der Waals surface area (Å²) in [4.78, 5) is 0. The first-order valence-electron chi connectivity index (χ1n) is 4.58. The Bertz CT molecular complexity index is 489. The molecule has 0 saturated carbocycles. The maximum absolute atomic E-state index is 13.8. The predicted octanol–water partition coefficient (Wildman–Crippen LogP) is 2.17. The fourth-order valence-electron chi connectivity index (χ4n) is 1.31. The van der Waals surface area contributed by atoms with E-state index in [0.29, 0.717) is 16.8 Å². The molecule has 0 fully saturated rings. The minimum absolute atomic E-state index is 0.232. The van der Waals surface area contributed by atoms with Gasteiger partial charge in [-0.25, -0.2) is 9.49 Å². The van der Waals surface area contributed by atoms with Crippen LogP contribution in [0.4, 0.5) is 4.39 Å². The Labute approximate surface area is 99.1 Å². The van der Waals surface area contributed by atoms with E-state index in [-0.39, 0.29) is 11.4 Å². The molecule has 0 amide bonds. The number of nitrogens with one attached hydrogen (secondary N) is 1. The van der Waals surface area contributed by atoms with Crippen LogP contribution in [0.1, 0.15) is 6.92 Å². The molecule has 0 radical (unpaired) electrons. The lowest BCUT2D eigenvalue weighted by Gasteiger charge is -2.09. The van der Waals surface area contributed by atoms with Crippen LogP contribution in [0.15, 0.2) is 16.6 Å². The van der Waals surface area contributed by atoms with Crippen LogP contribution < -0.4 is 4.74 Å². The minimum atomic E-state index is -0.448. The van der Waals surface area contributed by atoms with E-state index in [4.69, 9.17) is 4.74 Å². The molecule has 0 aliphatic carbocycles. The van der Waals surface area contributed by atoms with Gasteiger partial charge < -0.3 is 4.74 Å². The fourth-order valence-corrected chi connectivity index (χ4v) is 1.72. The summed E-state index contributed by atoms with van der Waals surface area (Å²) in [7, 11) is 0. The lowest BCUT2D eigenvalue weighted by atomic mass is 10.2. The number of tetrazole rings is 1. The number of ether oxygens (including phenoxy) is 1. The number of rotatable bonds is 3. The highest BCUT2D eigenvalue weighted by Crippen LogP contribution is 2.33. The predicted molar refractivity (Wildman–Crippen MR) is 58.4 cm³/mol. The van der Waals surface area contributed by atoms with Crippen molar-refractivity contribution >= 4 is 15.9 Å². The molecule has 0 saturated heterocycles. The third-order valence-electron chi connectivity index (χ3n) is 1.90. The van der Waals surface area contributed by atoms with E-state index >= 15 is 0 Å². The van der Waals surface area contributed by atoms with Gasteiger partial charge in [-0.3, -0.25) is 0 Å². The topological polar surface area (TPSA) is 63.7 Å². The molecule has 2 aromatic rings. The first-order valence-corrected chi connectivity index (χ1v) is 5.37. The summed E-state index contributed by atoms with van der Waals surface area (Å²) in [6, 6.07) is 3.00. The Morgan fingerprint density at radius 1 is 1.50 bits per heavy atom. The summed E-state index contributed by atoms with van der Waals surface area (Å²) < 4.78 is 19.7. The zero-order valence-electron chi connectivity index (χ0n) is 8.37. The molecule has 0 aliphatic heterocycles. The second-order valence-corrected chi connectivity index (χ2v) is 3.86. The summed E-state index contributed by atoms with van der Waals surface area (Å²) in [5.41, 5.74) is 0.232. The van der Waals surface area contributed by atoms with Gasteiger partial charge in [0.2, 0.25) is 0 Å². The van der Waals surface area contributed by atoms with Gasteiger partial charge in [-0.15, -0.1) is 5.10 Å². The molecule has 2 rings (SSSR count). The Morgan fingerprint density at radius 2 is 2.31 bits per heavy atom. The molecule has 0 bridgehead atoms. The van der Waals surface area contributed by atoms with E-state index in [9.17, 15) is 4.39 Å². The quantitative estimate of drug-likeness (QED) is 0.939. The summed E-state index contributed by atoms with van der Waals surface area (Å²) in [5, 5.41) is 13.0. The van der Waals surface area contributed by atoms with Gasteiger partial charge in [-0.1, -0.05) is 15.9 Å². The average Bonchev–Trinajstić information content (AvgIpc) is 2.70. The zero-order chi connectivity index (χ0) is 11.5. The molecule has 1 N–H and O–H groups in total. The first kappa shape index (κ1) is 11.0. The lowest BCUT2D eigenvalue weighted by molar-refractivity contribution is 0.339. The number of hydrogen-bond donors (Lipinski definition) is 1. The van der Waals surface area contributed by atoms with Gasteiger partial charge in [0.05, 0.1) is 12.2 Å². The number of nitrogens with zero attached hydrogens (tertiary/aromatic N) is 3. The molecule has 1 heterocycles. The van der Waals surface area contributed by atoms with Gasteiger partial charge in [-0.05, 0) is 29.5 Å². The molecule has 0 unspecified atom stereocenters. The number of aromatic nitrogens is 4. The molecule has 5 nitrogen and oxygen atoms in total. The van der Waals surface area contributed by atoms with Crippen LogP contribution in [-0.4, -0.2) is 27.2 Å². The SMILES string of the molecule is CCOc1cc(Br)cc(F)c1-c1nnn[nH]1. The van der Waals surface area contributed by atoms with Crippen molar-refractivity contribution in [3.63, 3.8) is 0 Å². The number of aromatic amines is 1. The van der Waals surface area contributed by atoms with Gasteiger partial charge >= 0.3 is 0 Å². The van der Waals surface area contributed by atoms with Crippen LogP contribution >= 0.6 is 15.9 Å². The smallest absolute Gasteiger partial charge is 0.186 e. The van der Waals surface area contributed by atoms with Crippen molar-refractivity contribution in [1.82, 2.24) is 20.6 Å². The molecule has 0 atom stereocenters. The normalized spacial score (nSPS) is 10.4. The van der Waals surface area contributed by atoms with Gasteiger partial charge in [0.1, 0.15) is 11.6 Å². The van der Waals surface area contributed by atoms with Crippen molar-refractivity contribution in [3.8, 4) is 17.1 Å². The molecule has 1 aromatic heterocycles. The number of H-pyrrole nitrogens is 1. The molecular formula is C9H8BrFN4O. The fraction of sp³-hybridized carbons (Fsp3) is 0.222. The second kappa shape index (κ2) is 4.56. The average molecular weight is 287 g/mol. The van der Waals surface area contributed by atoms with Crippen LogP contribution in [0.3, 0.4) is 0 Å². The maximum atomic E-state index is 13.8. The molecule has 7 heteroatoms. The molecule has 84 valence electrons. The van der Waals surface area contributed by atoms with E-state index in [2.05, 4.69) is 36.6 Å². The third-order valence-corrected chi connectivity index (χ3v) is 2.36. The largest absolute Gasteiger partial charge is 0.493 e. The monoisotopic (exact) mass is 286 g/mol. The highest BCUT2D eigenvalue weighted by atomic mass is 79.9. The third kappa shape index (κ3) is 2.04. The number of benzene rings is 1. The van der Waals surface area contributed by atoms with Crippen LogP contribution in [0.2, 0.25) is 0 Å². The molecule has 16 heavy (non-hydrogen) atoms. The van der Waals surface area contributed by atoms with Crippen LogP contribution in [0.25, 0.3) is 11.4 Å². The van der Waals surface area contributed by atoms with E-state index in [1.54, 1.807) is 6.07 Å². The molecule has 0 spiro atoms. The van der Waals surface area contributed by atoms with E-state index in [0.717, 1.165) is 0 Å². The zero-order valence-corrected chi connectivity index (χ0v) is 9.95. The van der Waals surface area contributed by atoms with Crippen LogP contribution in [0.5, 0.6) is 5.75 Å². The van der Waals surface area contributed by atoms with E-state index in [1.165, 1.54) is 6.07 Å². The number of hydrogen-bond acceptors (Lipinski definition) is 4. The Balaban J connectivity index is 2.58. The summed E-state index contributed by atoms with van der Waals surface area (Å²) in [6.07, 6.45) is 0. The molecule has 0 aliphatic rings. The highest BCUT2D eigenvalue weighted by Gasteiger charge is 2.16. The Kier molecular flexibility index (Phi) is 3.14.